The normalized spacial score (nSPS) is 16.5. The van der Waals surface area contributed by atoms with Gasteiger partial charge in [0.1, 0.15) is 0 Å². The van der Waals surface area contributed by atoms with Crippen molar-refractivity contribution in [1.82, 2.24) is 5.32 Å². The lowest BCUT2D eigenvalue weighted by Gasteiger charge is -2.27. The van der Waals surface area contributed by atoms with Crippen molar-refractivity contribution in [1.29, 1.82) is 0 Å². The molecule has 0 aliphatic carbocycles. The van der Waals surface area contributed by atoms with Crippen LogP contribution in [0.3, 0.4) is 0 Å². The molecule has 15 heavy (non-hydrogen) atoms. The number of carbonyl (C=O) groups is 2. The Morgan fingerprint density at radius 2 is 1.60 bits per heavy atom. The lowest BCUT2D eigenvalue weighted by Crippen LogP contribution is -2.51. The van der Waals surface area contributed by atoms with Crippen molar-refractivity contribution in [2.24, 2.45) is 0 Å². The Morgan fingerprint density at radius 1 is 1.07 bits per heavy atom. The Labute approximate surface area is 101 Å². The summed E-state index contributed by atoms with van der Waals surface area (Å²) in [6, 6.07) is 7.72. The van der Waals surface area contributed by atoms with Crippen LogP contribution >= 0.6 is 22.6 Å². The van der Waals surface area contributed by atoms with Gasteiger partial charge in [0.05, 0.1) is 13.1 Å². The van der Waals surface area contributed by atoms with E-state index in [4.69, 9.17) is 0 Å². The van der Waals surface area contributed by atoms with Gasteiger partial charge in [-0.25, -0.2) is 0 Å². The number of hydrogen-bond donors (Lipinski definition) is 1. The van der Waals surface area contributed by atoms with Gasteiger partial charge in [-0.05, 0) is 46.9 Å². The summed E-state index contributed by atoms with van der Waals surface area (Å²) < 4.78 is 1.13. The summed E-state index contributed by atoms with van der Waals surface area (Å²) in [5.74, 6) is -0.491. The average Bonchev–Trinajstić information content (AvgIpc) is 2.17. The minimum atomic E-state index is -0.246. The number of piperazine rings is 1. The maximum absolute atomic E-state index is 11.1. The van der Waals surface area contributed by atoms with Crippen molar-refractivity contribution in [3.05, 3.63) is 27.8 Å². The molecule has 1 N–H and O–H groups in total. The fourth-order valence-electron chi connectivity index (χ4n) is 1.47. The predicted molar refractivity (Wildman–Crippen MR) is 64.5 cm³/mol. The molecular weight excluding hydrogens is 307 g/mol. The molecule has 1 aromatic rings. The van der Waals surface area contributed by atoms with Crippen LogP contribution in [-0.2, 0) is 9.59 Å². The zero-order valence-corrected chi connectivity index (χ0v) is 10.0. The molecule has 1 aliphatic rings. The Bertz CT molecular complexity index is 386. The van der Waals surface area contributed by atoms with E-state index in [2.05, 4.69) is 27.9 Å². The molecule has 1 heterocycles. The van der Waals surface area contributed by atoms with Crippen LogP contribution in [0.15, 0.2) is 24.3 Å². The summed E-state index contributed by atoms with van der Waals surface area (Å²) >= 11 is 2.21. The highest BCUT2D eigenvalue weighted by Gasteiger charge is 2.22. The molecule has 1 saturated heterocycles. The molecule has 1 aliphatic heterocycles. The van der Waals surface area contributed by atoms with E-state index in [0.717, 1.165) is 9.26 Å². The topological polar surface area (TPSA) is 49.4 Å². The first-order valence-corrected chi connectivity index (χ1v) is 5.56. The first-order chi connectivity index (χ1) is 7.15. The van der Waals surface area contributed by atoms with Gasteiger partial charge in [-0.3, -0.25) is 14.9 Å². The summed E-state index contributed by atoms with van der Waals surface area (Å²) in [6.45, 7) is 0.485. The number of amides is 2. The zero-order valence-electron chi connectivity index (χ0n) is 7.87. The van der Waals surface area contributed by atoms with Crippen LogP contribution in [0.25, 0.3) is 0 Å². The van der Waals surface area contributed by atoms with Crippen LogP contribution in [0.2, 0.25) is 0 Å². The van der Waals surface area contributed by atoms with Crippen LogP contribution in [0.5, 0.6) is 0 Å². The van der Waals surface area contributed by atoms with Gasteiger partial charge in [0.15, 0.2) is 0 Å². The second-order valence-corrected chi connectivity index (χ2v) is 4.55. The van der Waals surface area contributed by atoms with Crippen LogP contribution in [0, 0.1) is 3.57 Å². The van der Waals surface area contributed by atoms with Crippen LogP contribution in [-0.4, -0.2) is 24.9 Å². The first kappa shape index (κ1) is 10.4. The standard InChI is InChI=1S/C10H9IN2O2/c11-7-1-3-8(4-2-7)13-5-9(14)12-10(15)6-13/h1-4H,5-6H2,(H,12,14,15). The molecule has 0 atom stereocenters. The number of benzene rings is 1. The van der Waals surface area contributed by atoms with Gasteiger partial charge in [0.2, 0.25) is 11.8 Å². The van der Waals surface area contributed by atoms with Crippen LogP contribution in [0.1, 0.15) is 0 Å². The second kappa shape index (κ2) is 4.18. The monoisotopic (exact) mass is 316 g/mol. The second-order valence-electron chi connectivity index (χ2n) is 3.30. The first-order valence-electron chi connectivity index (χ1n) is 4.48. The van der Waals surface area contributed by atoms with Crippen LogP contribution < -0.4 is 10.2 Å². The maximum atomic E-state index is 11.1. The molecule has 0 spiro atoms. The van der Waals surface area contributed by atoms with Gasteiger partial charge in [-0.15, -0.1) is 0 Å². The highest BCUT2D eigenvalue weighted by molar-refractivity contribution is 14.1. The molecule has 1 aromatic carbocycles. The van der Waals surface area contributed by atoms with Gasteiger partial charge < -0.3 is 4.90 Å². The van der Waals surface area contributed by atoms with Crippen LogP contribution in [0.4, 0.5) is 5.69 Å². The van der Waals surface area contributed by atoms with E-state index >= 15 is 0 Å². The molecule has 0 unspecified atom stereocenters. The highest BCUT2D eigenvalue weighted by Crippen LogP contribution is 2.16. The summed E-state index contributed by atoms with van der Waals surface area (Å²) in [7, 11) is 0. The van der Waals surface area contributed by atoms with E-state index in [1.54, 1.807) is 4.90 Å². The van der Waals surface area contributed by atoms with E-state index in [1.807, 2.05) is 24.3 Å². The van der Waals surface area contributed by atoms with Gasteiger partial charge in [0, 0.05) is 9.26 Å². The number of rotatable bonds is 1. The minimum Gasteiger partial charge on any atom is -0.353 e. The molecule has 2 rings (SSSR count). The molecule has 5 heteroatoms. The molecule has 0 bridgehead atoms. The minimum absolute atomic E-state index is 0.242. The largest absolute Gasteiger partial charge is 0.353 e. The van der Waals surface area contributed by atoms with Gasteiger partial charge in [0.25, 0.3) is 0 Å². The maximum Gasteiger partial charge on any atom is 0.246 e. The Balaban J connectivity index is 2.19. The lowest BCUT2D eigenvalue weighted by molar-refractivity contribution is -0.130. The average molecular weight is 316 g/mol. The summed E-state index contributed by atoms with van der Waals surface area (Å²) in [5, 5.41) is 2.27. The molecule has 1 fully saturated rings. The van der Waals surface area contributed by atoms with Gasteiger partial charge in [-0.1, -0.05) is 0 Å². The molecule has 4 nitrogen and oxygen atoms in total. The zero-order chi connectivity index (χ0) is 10.8. The third-order valence-corrected chi connectivity index (χ3v) is 2.86. The van der Waals surface area contributed by atoms with Crippen molar-refractivity contribution in [2.75, 3.05) is 18.0 Å². The number of imide groups is 1. The van der Waals surface area contributed by atoms with Gasteiger partial charge >= 0.3 is 0 Å². The number of anilines is 1. The summed E-state index contributed by atoms with van der Waals surface area (Å²) in [6.07, 6.45) is 0. The molecule has 0 radical (unpaired) electrons. The number of nitrogens with one attached hydrogen (secondary N) is 1. The van der Waals surface area contributed by atoms with E-state index in [9.17, 15) is 9.59 Å². The van der Waals surface area contributed by atoms with Crippen molar-refractivity contribution < 1.29 is 9.59 Å². The summed E-state index contributed by atoms with van der Waals surface area (Å²) in [4.78, 5) is 24.1. The molecule has 0 saturated carbocycles. The molecule has 78 valence electrons. The Hall–Kier alpha value is -1.11. The van der Waals surface area contributed by atoms with Crippen molar-refractivity contribution in [2.45, 2.75) is 0 Å². The van der Waals surface area contributed by atoms with E-state index in [1.165, 1.54) is 0 Å². The van der Waals surface area contributed by atoms with Crippen molar-refractivity contribution >= 4 is 40.1 Å². The quantitative estimate of drug-likeness (QED) is 0.615. The van der Waals surface area contributed by atoms with E-state index in [0.29, 0.717) is 0 Å². The number of nitrogens with zero attached hydrogens (tertiary/aromatic N) is 1. The van der Waals surface area contributed by atoms with Crippen molar-refractivity contribution in [3.63, 3.8) is 0 Å². The number of hydrogen-bond acceptors (Lipinski definition) is 3. The Morgan fingerprint density at radius 3 is 2.13 bits per heavy atom. The molecular formula is C10H9IN2O2. The lowest BCUT2D eigenvalue weighted by atomic mass is 10.2. The third kappa shape index (κ3) is 2.47. The third-order valence-electron chi connectivity index (χ3n) is 2.14. The van der Waals surface area contributed by atoms with Crippen molar-refractivity contribution in [3.8, 4) is 0 Å². The molecule has 0 aromatic heterocycles. The molecule has 2 amide bonds. The SMILES string of the molecule is O=C1CN(c2ccc(I)cc2)CC(=O)N1. The Kier molecular flexibility index (Phi) is 2.90. The van der Waals surface area contributed by atoms with E-state index < -0.39 is 0 Å². The fourth-order valence-corrected chi connectivity index (χ4v) is 1.83. The smallest absolute Gasteiger partial charge is 0.246 e. The number of carbonyl (C=O) groups excluding carboxylic acids is 2. The predicted octanol–water partition coefficient (Wildman–Crippen LogP) is 0.754. The summed E-state index contributed by atoms with van der Waals surface area (Å²) in [5.41, 5.74) is 0.901. The highest BCUT2D eigenvalue weighted by atomic mass is 127. The number of halogens is 1. The van der Waals surface area contributed by atoms with E-state index in [-0.39, 0.29) is 24.9 Å². The fraction of sp³-hybridized carbons (Fsp3) is 0.200. The van der Waals surface area contributed by atoms with Gasteiger partial charge in [-0.2, -0.15) is 0 Å².